The van der Waals surface area contributed by atoms with Crippen molar-refractivity contribution < 1.29 is 10.0 Å². The molecule has 4 N–H and O–H groups in total. The normalized spacial score (nSPS) is 11.3. The van der Waals surface area contributed by atoms with Crippen molar-refractivity contribution in [1.82, 2.24) is 5.48 Å². The lowest BCUT2D eigenvalue weighted by Crippen LogP contribution is -2.17. The molecule has 0 aliphatic rings. The molecule has 1 amide bonds. The molecule has 0 atom stereocenters. The lowest BCUT2D eigenvalue weighted by atomic mass is 10.0. The molecule has 4 heteroatoms. The second kappa shape index (κ2) is 35.4. The van der Waals surface area contributed by atoms with Crippen LogP contribution in [0.25, 0.3) is 0 Å². The van der Waals surface area contributed by atoms with Crippen LogP contribution in [-0.4, -0.2) is 17.7 Å². The molecule has 0 aliphatic heterocycles. The molecule has 0 aliphatic carbocycles. The number of nitrogens with two attached hydrogens (primary N) is 1. The van der Waals surface area contributed by atoms with Crippen molar-refractivity contribution in [2.24, 2.45) is 5.73 Å². The molecule has 0 bridgehead atoms. The molecule has 39 heavy (non-hydrogen) atoms. The molecule has 0 aromatic heterocycles. The molecule has 0 spiro atoms. The van der Waals surface area contributed by atoms with Crippen LogP contribution in [0.3, 0.4) is 0 Å². The molecule has 0 aromatic rings. The minimum absolute atomic E-state index is 0.255. The zero-order valence-corrected chi connectivity index (χ0v) is 26.5. The number of hydrogen-bond acceptors (Lipinski definition) is 3. The lowest BCUT2D eigenvalue weighted by Gasteiger charge is -2.05. The Bertz CT molecular complexity index is 458. The van der Waals surface area contributed by atoms with Gasteiger partial charge in [-0.2, -0.15) is 0 Å². The molecule has 0 radical (unpaired) electrons. The topological polar surface area (TPSA) is 75.4 Å². The van der Waals surface area contributed by atoms with E-state index in [1.54, 1.807) is 5.48 Å². The van der Waals surface area contributed by atoms with E-state index >= 15 is 0 Å². The van der Waals surface area contributed by atoms with Crippen molar-refractivity contribution in [2.75, 3.05) is 6.54 Å². The predicted octanol–water partition coefficient (Wildman–Crippen LogP) is 11.3. The first-order valence-electron chi connectivity index (χ1n) is 17.9. The SMILES string of the molecule is NCCCCCCCCCCCCCCCCCCCCCCCCCCCCCCCCCCC(=O)NO. The Balaban J connectivity index is 3.03. The minimum Gasteiger partial charge on any atom is -0.330 e. The first kappa shape index (κ1) is 38.4. The van der Waals surface area contributed by atoms with Gasteiger partial charge in [0.15, 0.2) is 0 Å². The van der Waals surface area contributed by atoms with E-state index in [1.807, 2.05) is 0 Å². The van der Waals surface area contributed by atoms with Crippen LogP contribution in [0.2, 0.25) is 0 Å². The first-order chi connectivity index (χ1) is 19.3. The highest BCUT2D eigenvalue weighted by Crippen LogP contribution is 2.16. The van der Waals surface area contributed by atoms with E-state index in [9.17, 15) is 4.79 Å². The number of hydrogen-bond donors (Lipinski definition) is 3. The van der Waals surface area contributed by atoms with Crippen molar-refractivity contribution in [3.8, 4) is 0 Å². The van der Waals surface area contributed by atoms with Crippen LogP contribution >= 0.6 is 0 Å². The van der Waals surface area contributed by atoms with Crippen molar-refractivity contribution in [1.29, 1.82) is 0 Å². The predicted molar refractivity (Wildman–Crippen MR) is 171 cm³/mol. The minimum atomic E-state index is -0.255. The Hall–Kier alpha value is -0.610. The summed E-state index contributed by atoms with van der Waals surface area (Å²) in [6, 6.07) is 0. The second-order valence-corrected chi connectivity index (χ2v) is 12.4. The molecular weight excluding hydrogens is 480 g/mol. The van der Waals surface area contributed by atoms with Crippen molar-refractivity contribution in [3.63, 3.8) is 0 Å². The van der Waals surface area contributed by atoms with Gasteiger partial charge in [0, 0.05) is 6.42 Å². The van der Waals surface area contributed by atoms with Crippen molar-refractivity contribution in [3.05, 3.63) is 0 Å². The van der Waals surface area contributed by atoms with E-state index < -0.39 is 0 Å². The van der Waals surface area contributed by atoms with Crippen LogP contribution in [0.5, 0.6) is 0 Å². The third kappa shape index (κ3) is 35.4. The number of amides is 1. The van der Waals surface area contributed by atoms with Gasteiger partial charge in [-0.3, -0.25) is 10.0 Å². The van der Waals surface area contributed by atoms with Crippen LogP contribution in [0.15, 0.2) is 0 Å². The van der Waals surface area contributed by atoms with Gasteiger partial charge in [0.2, 0.25) is 5.91 Å². The summed E-state index contributed by atoms with van der Waals surface area (Å²) in [6.45, 7) is 0.867. The monoisotopic (exact) mass is 553 g/mol. The maximum absolute atomic E-state index is 10.9. The highest BCUT2D eigenvalue weighted by atomic mass is 16.5. The third-order valence-corrected chi connectivity index (χ3v) is 8.48. The van der Waals surface area contributed by atoms with E-state index in [2.05, 4.69) is 0 Å². The fourth-order valence-corrected chi connectivity index (χ4v) is 5.79. The Morgan fingerprint density at radius 1 is 0.359 bits per heavy atom. The lowest BCUT2D eigenvalue weighted by molar-refractivity contribution is -0.129. The van der Waals surface area contributed by atoms with E-state index in [0.29, 0.717) is 6.42 Å². The largest absolute Gasteiger partial charge is 0.330 e. The summed E-state index contributed by atoms with van der Waals surface area (Å²) in [6.07, 6.45) is 44.9. The van der Waals surface area contributed by atoms with Gasteiger partial charge in [0.05, 0.1) is 0 Å². The van der Waals surface area contributed by atoms with E-state index in [4.69, 9.17) is 10.9 Å². The van der Waals surface area contributed by atoms with Crippen molar-refractivity contribution in [2.45, 2.75) is 212 Å². The number of carbonyl (C=O) groups excluding carboxylic acids is 1. The fraction of sp³-hybridized carbons (Fsp3) is 0.971. The Morgan fingerprint density at radius 3 is 0.718 bits per heavy atom. The molecule has 0 rings (SSSR count). The highest BCUT2D eigenvalue weighted by molar-refractivity contribution is 5.74. The third-order valence-electron chi connectivity index (χ3n) is 8.48. The average Bonchev–Trinajstić information content (AvgIpc) is 2.95. The molecule has 0 unspecified atom stereocenters. The zero-order chi connectivity index (χ0) is 28.3. The van der Waals surface area contributed by atoms with Gasteiger partial charge in [0.25, 0.3) is 0 Å². The average molecular weight is 553 g/mol. The highest BCUT2D eigenvalue weighted by Gasteiger charge is 1.99. The smallest absolute Gasteiger partial charge is 0.243 e. The quantitative estimate of drug-likeness (QED) is 0.0422. The zero-order valence-electron chi connectivity index (χ0n) is 26.5. The van der Waals surface area contributed by atoms with Gasteiger partial charge in [-0.1, -0.05) is 193 Å². The Kier molecular flexibility index (Phi) is 34.9. The summed E-state index contributed by atoms with van der Waals surface area (Å²) in [5, 5.41) is 8.45. The summed E-state index contributed by atoms with van der Waals surface area (Å²) in [5.74, 6) is -0.255. The van der Waals surface area contributed by atoms with Crippen LogP contribution < -0.4 is 11.2 Å². The molecule has 0 fully saturated rings. The van der Waals surface area contributed by atoms with Gasteiger partial charge in [-0.25, -0.2) is 5.48 Å². The van der Waals surface area contributed by atoms with Crippen LogP contribution in [0.1, 0.15) is 212 Å². The van der Waals surface area contributed by atoms with Gasteiger partial charge in [-0.15, -0.1) is 0 Å². The maximum Gasteiger partial charge on any atom is 0.243 e. The van der Waals surface area contributed by atoms with Gasteiger partial charge >= 0.3 is 0 Å². The molecular formula is C35H72N2O2. The first-order valence-corrected chi connectivity index (χ1v) is 17.9. The number of rotatable bonds is 34. The summed E-state index contributed by atoms with van der Waals surface area (Å²) >= 11 is 0. The summed E-state index contributed by atoms with van der Waals surface area (Å²) < 4.78 is 0. The molecule has 0 saturated carbocycles. The Morgan fingerprint density at radius 2 is 0.538 bits per heavy atom. The molecule has 0 heterocycles. The summed E-state index contributed by atoms with van der Waals surface area (Å²) in [7, 11) is 0. The second-order valence-electron chi connectivity index (χ2n) is 12.4. The van der Waals surface area contributed by atoms with E-state index in [-0.39, 0.29) is 5.91 Å². The Labute approximate surface area is 245 Å². The molecule has 0 saturated heterocycles. The van der Waals surface area contributed by atoms with Crippen molar-refractivity contribution >= 4 is 5.91 Å². The van der Waals surface area contributed by atoms with Crippen LogP contribution in [0.4, 0.5) is 0 Å². The van der Waals surface area contributed by atoms with Gasteiger partial charge in [-0.05, 0) is 19.4 Å². The number of hydroxylamine groups is 1. The maximum atomic E-state index is 10.9. The standard InChI is InChI=1S/C35H72N2O2/c36-34-32-30-28-26-24-22-20-18-16-14-12-10-8-6-4-2-1-3-5-7-9-11-13-15-17-19-21-23-25-27-29-31-33-35(38)37-39/h39H,1-34,36H2,(H,37,38). The van der Waals surface area contributed by atoms with Gasteiger partial charge < -0.3 is 5.73 Å². The van der Waals surface area contributed by atoms with Gasteiger partial charge in [0.1, 0.15) is 0 Å². The molecule has 4 nitrogen and oxygen atoms in total. The molecule has 234 valence electrons. The van der Waals surface area contributed by atoms with E-state index in [1.165, 1.54) is 193 Å². The number of carbonyl (C=O) groups is 1. The fourth-order valence-electron chi connectivity index (χ4n) is 5.79. The number of unbranched alkanes of at least 4 members (excludes halogenated alkanes) is 31. The van der Waals surface area contributed by atoms with Crippen LogP contribution in [-0.2, 0) is 4.79 Å². The van der Waals surface area contributed by atoms with E-state index in [0.717, 1.165) is 19.4 Å². The number of nitrogens with one attached hydrogen (secondary N) is 1. The molecule has 0 aromatic carbocycles. The summed E-state index contributed by atoms with van der Waals surface area (Å²) in [5.41, 5.74) is 7.24. The van der Waals surface area contributed by atoms with Crippen LogP contribution in [0, 0.1) is 0 Å². The summed E-state index contributed by atoms with van der Waals surface area (Å²) in [4.78, 5) is 10.9.